The molecule has 0 aliphatic heterocycles. The number of aliphatic hydroxyl groups is 1. The Morgan fingerprint density at radius 1 is 1.05 bits per heavy atom. The van der Waals surface area contributed by atoms with Crippen molar-refractivity contribution >= 4 is 11.4 Å². The summed E-state index contributed by atoms with van der Waals surface area (Å²) in [6.45, 7) is 3.77. The van der Waals surface area contributed by atoms with Gasteiger partial charge in [-0.05, 0) is 37.1 Å². The molecule has 3 heteroatoms. The van der Waals surface area contributed by atoms with E-state index in [9.17, 15) is 10.2 Å². The van der Waals surface area contributed by atoms with E-state index in [1.165, 1.54) is 5.56 Å². The third-order valence-electron chi connectivity index (χ3n) is 3.58. The van der Waals surface area contributed by atoms with E-state index in [1.54, 1.807) is 19.1 Å². The van der Waals surface area contributed by atoms with Gasteiger partial charge in [-0.25, -0.2) is 0 Å². The van der Waals surface area contributed by atoms with Gasteiger partial charge in [0, 0.05) is 30.1 Å². The van der Waals surface area contributed by atoms with Gasteiger partial charge < -0.3 is 15.1 Å². The second kappa shape index (κ2) is 5.97. The number of hydrogen-bond donors (Lipinski definition) is 2. The molecule has 0 saturated heterocycles. The summed E-state index contributed by atoms with van der Waals surface area (Å²) in [4.78, 5) is 2.00. The van der Waals surface area contributed by atoms with Crippen molar-refractivity contribution in [2.75, 3.05) is 11.9 Å². The second-order valence-electron chi connectivity index (χ2n) is 5.00. The van der Waals surface area contributed by atoms with Crippen LogP contribution in [0.1, 0.15) is 31.1 Å². The number of nitrogens with zero attached hydrogens (tertiary/aromatic N) is 1. The Bertz CT molecular complexity index is 576. The van der Waals surface area contributed by atoms with Gasteiger partial charge in [0.1, 0.15) is 5.75 Å². The predicted molar refractivity (Wildman–Crippen MR) is 82.6 cm³/mol. The minimum Gasteiger partial charge on any atom is -0.507 e. The molecule has 0 aromatic heterocycles. The predicted octanol–water partition coefficient (Wildman–Crippen LogP) is 3.78. The molecule has 0 saturated carbocycles. The first-order valence-corrected chi connectivity index (χ1v) is 6.86. The van der Waals surface area contributed by atoms with Crippen molar-refractivity contribution in [3.05, 3.63) is 53.6 Å². The van der Waals surface area contributed by atoms with Crippen LogP contribution in [0.15, 0.2) is 42.5 Å². The highest BCUT2D eigenvalue weighted by molar-refractivity contribution is 5.65. The number of hydrogen-bond acceptors (Lipinski definition) is 3. The number of anilines is 2. The fraction of sp³-hybridized carbons (Fsp3) is 0.294. The molecule has 20 heavy (non-hydrogen) atoms. The SMILES string of the molecule is CCc1ccc(N(C)c2ccc(C(C)O)c(O)c2)cc1. The average Bonchev–Trinajstić information content (AvgIpc) is 2.46. The van der Waals surface area contributed by atoms with Crippen molar-refractivity contribution in [1.82, 2.24) is 0 Å². The molecule has 0 heterocycles. The Balaban J connectivity index is 2.28. The summed E-state index contributed by atoms with van der Waals surface area (Å²) in [5, 5.41) is 19.5. The number of phenols is 1. The molecule has 0 radical (unpaired) electrons. The molecule has 0 aliphatic rings. The lowest BCUT2D eigenvalue weighted by Gasteiger charge is -2.21. The van der Waals surface area contributed by atoms with Crippen molar-refractivity contribution in [2.24, 2.45) is 0 Å². The zero-order valence-corrected chi connectivity index (χ0v) is 12.2. The minimum absolute atomic E-state index is 0.120. The van der Waals surface area contributed by atoms with Gasteiger partial charge in [0.25, 0.3) is 0 Å². The first-order valence-electron chi connectivity index (χ1n) is 6.86. The highest BCUT2D eigenvalue weighted by Gasteiger charge is 2.10. The summed E-state index contributed by atoms with van der Waals surface area (Å²) >= 11 is 0. The van der Waals surface area contributed by atoms with Crippen LogP contribution in [0.25, 0.3) is 0 Å². The normalized spacial score (nSPS) is 12.2. The number of benzene rings is 2. The van der Waals surface area contributed by atoms with E-state index in [4.69, 9.17) is 0 Å². The molecular weight excluding hydrogens is 250 g/mol. The molecule has 0 bridgehead atoms. The third kappa shape index (κ3) is 2.94. The van der Waals surface area contributed by atoms with Crippen molar-refractivity contribution in [3.63, 3.8) is 0 Å². The van der Waals surface area contributed by atoms with E-state index in [1.807, 2.05) is 18.0 Å². The highest BCUT2D eigenvalue weighted by Crippen LogP contribution is 2.31. The maximum atomic E-state index is 9.95. The molecule has 1 unspecified atom stereocenters. The van der Waals surface area contributed by atoms with Gasteiger partial charge >= 0.3 is 0 Å². The second-order valence-corrected chi connectivity index (χ2v) is 5.00. The monoisotopic (exact) mass is 271 g/mol. The summed E-state index contributed by atoms with van der Waals surface area (Å²) in [6.07, 6.45) is 0.353. The maximum Gasteiger partial charge on any atom is 0.123 e. The largest absolute Gasteiger partial charge is 0.507 e. The van der Waals surface area contributed by atoms with Gasteiger partial charge in [0.2, 0.25) is 0 Å². The van der Waals surface area contributed by atoms with Gasteiger partial charge in [-0.3, -0.25) is 0 Å². The van der Waals surface area contributed by atoms with E-state index in [0.29, 0.717) is 5.56 Å². The Morgan fingerprint density at radius 3 is 2.15 bits per heavy atom. The third-order valence-corrected chi connectivity index (χ3v) is 3.58. The van der Waals surface area contributed by atoms with Crippen LogP contribution in [0.2, 0.25) is 0 Å². The Kier molecular flexibility index (Phi) is 4.30. The van der Waals surface area contributed by atoms with Crippen LogP contribution in [0.4, 0.5) is 11.4 Å². The standard InChI is InChI=1S/C17H21NO2/c1-4-13-5-7-14(8-6-13)18(3)15-9-10-16(12(2)19)17(20)11-15/h5-12,19-20H,4H2,1-3H3. The number of aliphatic hydroxyl groups excluding tert-OH is 1. The van der Waals surface area contributed by atoms with Gasteiger partial charge in [-0.1, -0.05) is 25.1 Å². The topological polar surface area (TPSA) is 43.7 Å². The lowest BCUT2D eigenvalue weighted by molar-refractivity contribution is 0.195. The molecule has 2 rings (SSSR count). The minimum atomic E-state index is -0.668. The molecule has 2 aromatic carbocycles. The summed E-state index contributed by atoms with van der Waals surface area (Å²) in [5.74, 6) is 0.120. The van der Waals surface area contributed by atoms with Crippen LogP contribution in [-0.4, -0.2) is 17.3 Å². The zero-order valence-electron chi connectivity index (χ0n) is 12.2. The van der Waals surface area contributed by atoms with E-state index in [-0.39, 0.29) is 5.75 Å². The summed E-state index contributed by atoms with van der Waals surface area (Å²) in [7, 11) is 1.96. The number of aryl methyl sites for hydroxylation is 1. The summed E-state index contributed by atoms with van der Waals surface area (Å²) in [5.41, 5.74) is 3.79. The molecule has 2 N–H and O–H groups in total. The number of phenolic OH excluding ortho intramolecular Hbond substituents is 1. The molecule has 2 aromatic rings. The lowest BCUT2D eigenvalue weighted by atomic mass is 10.1. The molecule has 106 valence electrons. The molecular formula is C17H21NO2. The smallest absolute Gasteiger partial charge is 0.123 e. The Morgan fingerprint density at radius 2 is 1.65 bits per heavy atom. The Hall–Kier alpha value is -2.00. The maximum absolute atomic E-state index is 9.95. The first kappa shape index (κ1) is 14.4. The first-order chi connectivity index (χ1) is 9.52. The Labute approximate surface area is 120 Å². The fourth-order valence-corrected chi connectivity index (χ4v) is 2.20. The molecule has 0 aliphatic carbocycles. The molecule has 0 amide bonds. The fourth-order valence-electron chi connectivity index (χ4n) is 2.20. The quantitative estimate of drug-likeness (QED) is 0.889. The van der Waals surface area contributed by atoms with Gasteiger partial charge in [-0.15, -0.1) is 0 Å². The van der Waals surface area contributed by atoms with Crippen LogP contribution < -0.4 is 4.90 Å². The van der Waals surface area contributed by atoms with Crippen molar-refractivity contribution in [1.29, 1.82) is 0 Å². The molecule has 3 nitrogen and oxygen atoms in total. The van der Waals surface area contributed by atoms with Gasteiger partial charge in [0.15, 0.2) is 0 Å². The average molecular weight is 271 g/mol. The lowest BCUT2D eigenvalue weighted by Crippen LogP contribution is -2.09. The van der Waals surface area contributed by atoms with Crippen LogP contribution in [0.5, 0.6) is 5.75 Å². The van der Waals surface area contributed by atoms with Crippen molar-refractivity contribution in [3.8, 4) is 5.75 Å². The number of rotatable bonds is 4. The van der Waals surface area contributed by atoms with E-state index in [2.05, 4.69) is 31.2 Å². The van der Waals surface area contributed by atoms with Crippen LogP contribution >= 0.6 is 0 Å². The van der Waals surface area contributed by atoms with Gasteiger partial charge in [0.05, 0.1) is 6.10 Å². The van der Waals surface area contributed by atoms with Crippen LogP contribution in [0.3, 0.4) is 0 Å². The van der Waals surface area contributed by atoms with E-state index < -0.39 is 6.10 Å². The van der Waals surface area contributed by atoms with Crippen LogP contribution in [0, 0.1) is 0 Å². The van der Waals surface area contributed by atoms with Crippen molar-refractivity contribution in [2.45, 2.75) is 26.4 Å². The summed E-state index contributed by atoms with van der Waals surface area (Å²) in [6, 6.07) is 13.7. The van der Waals surface area contributed by atoms with Crippen molar-refractivity contribution < 1.29 is 10.2 Å². The van der Waals surface area contributed by atoms with Crippen LogP contribution in [-0.2, 0) is 6.42 Å². The zero-order chi connectivity index (χ0) is 14.7. The molecule has 0 spiro atoms. The highest BCUT2D eigenvalue weighted by atomic mass is 16.3. The molecule has 0 fully saturated rings. The van der Waals surface area contributed by atoms with E-state index in [0.717, 1.165) is 17.8 Å². The molecule has 1 atom stereocenters. The number of aromatic hydroxyl groups is 1. The van der Waals surface area contributed by atoms with E-state index >= 15 is 0 Å². The van der Waals surface area contributed by atoms with Gasteiger partial charge in [-0.2, -0.15) is 0 Å². The summed E-state index contributed by atoms with van der Waals surface area (Å²) < 4.78 is 0.